The third-order valence-electron chi connectivity index (χ3n) is 2.65. The van der Waals surface area contributed by atoms with Crippen LogP contribution < -0.4 is 11.3 Å². The Kier molecular flexibility index (Phi) is 4.13. The maximum absolute atomic E-state index is 13.1. The predicted octanol–water partition coefficient (Wildman–Crippen LogP) is 3.35. The van der Waals surface area contributed by atoms with Crippen LogP contribution in [0.25, 0.3) is 0 Å². The van der Waals surface area contributed by atoms with Gasteiger partial charge in [0.2, 0.25) is 0 Å². The monoisotopic (exact) mass is 362 g/mol. The summed E-state index contributed by atoms with van der Waals surface area (Å²) < 4.78 is 14.0. The first-order valence-corrected chi connectivity index (χ1v) is 7.04. The highest BCUT2D eigenvalue weighted by Crippen LogP contribution is 2.30. The largest absolute Gasteiger partial charge is 0.271 e. The number of benzene rings is 1. The summed E-state index contributed by atoms with van der Waals surface area (Å²) >= 11 is 3.81. The average Bonchev–Trinajstić information content (AvgIpc) is 2.69. The van der Waals surface area contributed by atoms with Crippen molar-refractivity contribution in [3.63, 3.8) is 0 Å². The van der Waals surface area contributed by atoms with E-state index in [1.54, 1.807) is 17.4 Å². The summed E-state index contributed by atoms with van der Waals surface area (Å²) in [5, 5.41) is 2.03. The Labute approximate surface area is 117 Å². The minimum absolute atomic E-state index is 0.0891. The number of halogens is 2. The smallest absolute Gasteiger partial charge is 0.124 e. The highest BCUT2D eigenvalue weighted by atomic mass is 127. The van der Waals surface area contributed by atoms with Gasteiger partial charge in [0, 0.05) is 8.45 Å². The number of nitrogens with one attached hydrogen (secondary N) is 1. The van der Waals surface area contributed by atoms with Crippen LogP contribution in [0.15, 0.2) is 29.6 Å². The van der Waals surface area contributed by atoms with Crippen LogP contribution in [0, 0.1) is 16.3 Å². The summed E-state index contributed by atoms with van der Waals surface area (Å²) in [6.07, 6.45) is 0. The molecule has 0 saturated heterocycles. The molecule has 0 aliphatic heterocycles. The Morgan fingerprint density at radius 3 is 2.65 bits per heavy atom. The summed E-state index contributed by atoms with van der Waals surface area (Å²) in [6.45, 7) is 2.06. The van der Waals surface area contributed by atoms with Gasteiger partial charge in [-0.2, -0.15) is 0 Å². The van der Waals surface area contributed by atoms with Gasteiger partial charge in [0.25, 0.3) is 0 Å². The number of nitrogens with two attached hydrogens (primary N) is 1. The zero-order valence-corrected chi connectivity index (χ0v) is 12.2. The summed E-state index contributed by atoms with van der Waals surface area (Å²) in [6, 6.07) is 6.71. The number of hydrazine groups is 1. The quantitative estimate of drug-likeness (QED) is 0.499. The molecule has 0 radical (unpaired) electrons. The van der Waals surface area contributed by atoms with Gasteiger partial charge in [0.1, 0.15) is 5.82 Å². The van der Waals surface area contributed by atoms with E-state index in [9.17, 15) is 4.39 Å². The highest BCUT2D eigenvalue weighted by molar-refractivity contribution is 14.1. The van der Waals surface area contributed by atoms with Crippen molar-refractivity contribution < 1.29 is 4.39 Å². The van der Waals surface area contributed by atoms with Gasteiger partial charge in [0.05, 0.1) is 6.04 Å². The Morgan fingerprint density at radius 2 is 2.12 bits per heavy atom. The topological polar surface area (TPSA) is 38.0 Å². The van der Waals surface area contributed by atoms with Crippen molar-refractivity contribution in [1.29, 1.82) is 0 Å². The van der Waals surface area contributed by atoms with Crippen LogP contribution in [-0.2, 0) is 0 Å². The molecule has 1 atom stereocenters. The lowest BCUT2D eigenvalue weighted by molar-refractivity contribution is 0.612. The number of aryl methyl sites for hydroxylation is 1. The molecular weight excluding hydrogens is 350 g/mol. The number of hydrogen-bond acceptors (Lipinski definition) is 3. The lowest BCUT2D eigenvalue weighted by Gasteiger charge is -2.18. The van der Waals surface area contributed by atoms with E-state index in [0.717, 1.165) is 14.7 Å². The van der Waals surface area contributed by atoms with E-state index in [4.69, 9.17) is 5.84 Å². The first-order chi connectivity index (χ1) is 8.13. The van der Waals surface area contributed by atoms with Gasteiger partial charge in [-0.3, -0.25) is 5.84 Å². The number of rotatable bonds is 3. The molecule has 2 nitrogen and oxygen atoms in total. The zero-order chi connectivity index (χ0) is 12.4. The minimum Gasteiger partial charge on any atom is -0.271 e. The van der Waals surface area contributed by atoms with Crippen molar-refractivity contribution >= 4 is 33.9 Å². The van der Waals surface area contributed by atoms with Crippen molar-refractivity contribution in [2.24, 2.45) is 5.84 Å². The Hall–Kier alpha value is -0.500. The third-order valence-corrected chi connectivity index (χ3v) is 4.45. The lowest BCUT2D eigenvalue weighted by atomic mass is 10.0. The van der Waals surface area contributed by atoms with Crippen LogP contribution in [0.5, 0.6) is 0 Å². The Balaban J connectivity index is 2.46. The molecule has 5 heteroatoms. The van der Waals surface area contributed by atoms with Gasteiger partial charge >= 0.3 is 0 Å². The molecule has 1 aromatic carbocycles. The molecule has 2 rings (SSSR count). The highest BCUT2D eigenvalue weighted by Gasteiger charge is 2.18. The molecule has 0 saturated carbocycles. The summed E-state index contributed by atoms with van der Waals surface area (Å²) in [5.41, 5.74) is 4.94. The fourth-order valence-corrected chi connectivity index (χ4v) is 3.31. The summed E-state index contributed by atoms with van der Waals surface area (Å²) in [4.78, 5) is 1.22. The zero-order valence-electron chi connectivity index (χ0n) is 9.21. The Bertz CT molecular complexity index is 527. The molecule has 0 amide bonds. The molecule has 0 aliphatic rings. The minimum atomic E-state index is -0.226. The molecule has 0 spiro atoms. The lowest BCUT2D eigenvalue weighted by Crippen LogP contribution is -2.29. The van der Waals surface area contributed by atoms with Gasteiger partial charge < -0.3 is 0 Å². The van der Waals surface area contributed by atoms with Crippen molar-refractivity contribution in [2.75, 3.05) is 0 Å². The van der Waals surface area contributed by atoms with E-state index >= 15 is 0 Å². The molecule has 17 heavy (non-hydrogen) atoms. The molecule has 2 aromatic rings. The van der Waals surface area contributed by atoms with Gasteiger partial charge in [-0.15, -0.1) is 11.3 Å². The second-order valence-electron chi connectivity index (χ2n) is 3.70. The fraction of sp³-hybridized carbons (Fsp3) is 0.167. The SMILES string of the molecule is Cc1sccc1C(NN)c1ccc(F)cc1I. The van der Waals surface area contributed by atoms with E-state index in [-0.39, 0.29) is 11.9 Å². The van der Waals surface area contributed by atoms with Gasteiger partial charge in [0.15, 0.2) is 0 Å². The van der Waals surface area contributed by atoms with E-state index in [1.165, 1.54) is 17.0 Å². The molecule has 0 bridgehead atoms. The van der Waals surface area contributed by atoms with Gasteiger partial charge in [-0.05, 0) is 64.2 Å². The second-order valence-corrected chi connectivity index (χ2v) is 5.98. The van der Waals surface area contributed by atoms with E-state index in [1.807, 2.05) is 11.4 Å². The molecule has 1 unspecified atom stereocenters. The van der Waals surface area contributed by atoms with Crippen LogP contribution in [0.2, 0.25) is 0 Å². The molecule has 1 heterocycles. The molecular formula is C12H12FIN2S. The van der Waals surface area contributed by atoms with Crippen LogP contribution >= 0.6 is 33.9 Å². The van der Waals surface area contributed by atoms with Crippen molar-refractivity contribution in [1.82, 2.24) is 5.43 Å². The normalized spacial score (nSPS) is 12.7. The predicted molar refractivity (Wildman–Crippen MR) is 77.3 cm³/mol. The van der Waals surface area contributed by atoms with Crippen LogP contribution in [0.1, 0.15) is 22.0 Å². The standard InChI is InChI=1S/C12H12FIN2S/c1-7-9(4-5-17-7)12(16-15)10-3-2-8(13)6-11(10)14/h2-6,12,16H,15H2,1H3. The maximum atomic E-state index is 13.1. The first-order valence-electron chi connectivity index (χ1n) is 5.08. The summed E-state index contributed by atoms with van der Waals surface area (Å²) in [5.74, 6) is 5.40. The van der Waals surface area contributed by atoms with E-state index in [0.29, 0.717) is 0 Å². The van der Waals surface area contributed by atoms with Gasteiger partial charge in [-0.1, -0.05) is 6.07 Å². The Morgan fingerprint density at radius 1 is 1.35 bits per heavy atom. The van der Waals surface area contributed by atoms with Crippen LogP contribution in [-0.4, -0.2) is 0 Å². The average molecular weight is 362 g/mol. The number of hydrogen-bond donors (Lipinski definition) is 2. The molecule has 0 aliphatic carbocycles. The van der Waals surface area contributed by atoms with Crippen LogP contribution in [0.4, 0.5) is 4.39 Å². The molecule has 1 aromatic heterocycles. The molecule has 90 valence electrons. The van der Waals surface area contributed by atoms with Crippen molar-refractivity contribution in [3.05, 3.63) is 55.0 Å². The first kappa shape index (κ1) is 12.9. The molecule has 0 fully saturated rings. The maximum Gasteiger partial charge on any atom is 0.124 e. The fourth-order valence-electron chi connectivity index (χ4n) is 1.78. The second kappa shape index (κ2) is 5.43. The van der Waals surface area contributed by atoms with Crippen molar-refractivity contribution in [2.45, 2.75) is 13.0 Å². The summed E-state index contributed by atoms with van der Waals surface area (Å²) in [7, 11) is 0. The van der Waals surface area contributed by atoms with Crippen LogP contribution in [0.3, 0.4) is 0 Å². The van der Waals surface area contributed by atoms with Crippen molar-refractivity contribution in [3.8, 4) is 0 Å². The third kappa shape index (κ3) is 2.67. The van der Waals surface area contributed by atoms with E-state index in [2.05, 4.69) is 34.9 Å². The molecule has 3 N–H and O–H groups in total. The van der Waals surface area contributed by atoms with Gasteiger partial charge in [-0.25, -0.2) is 9.82 Å². The van der Waals surface area contributed by atoms with E-state index < -0.39 is 0 Å². The number of thiophene rings is 1.